The molecular formula is C12H20F3NO2. The van der Waals surface area contributed by atoms with Crippen LogP contribution in [0.3, 0.4) is 0 Å². The molecule has 18 heavy (non-hydrogen) atoms. The average Bonchev–Trinajstić information content (AvgIpc) is 3.01. The SMILES string of the molecule is FC(F)(F)COCCC1(CNC2CC2)CCOC1. The molecule has 0 aromatic heterocycles. The lowest BCUT2D eigenvalue weighted by molar-refractivity contribution is -0.175. The van der Waals surface area contributed by atoms with E-state index in [1.165, 1.54) is 12.8 Å². The molecule has 0 amide bonds. The molecule has 1 N–H and O–H groups in total. The van der Waals surface area contributed by atoms with Crippen LogP contribution in [0, 0.1) is 5.41 Å². The monoisotopic (exact) mass is 267 g/mol. The van der Waals surface area contributed by atoms with Crippen LogP contribution in [0.25, 0.3) is 0 Å². The Morgan fingerprint density at radius 1 is 1.33 bits per heavy atom. The van der Waals surface area contributed by atoms with Gasteiger partial charge in [-0.15, -0.1) is 0 Å². The lowest BCUT2D eigenvalue weighted by Crippen LogP contribution is -2.37. The summed E-state index contributed by atoms with van der Waals surface area (Å²) in [6.45, 7) is 1.15. The molecule has 0 bridgehead atoms. The minimum absolute atomic E-state index is 0.0335. The smallest absolute Gasteiger partial charge is 0.381 e. The highest BCUT2D eigenvalue weighted by atomic mass is 19.4. The van der Waals surface area contributed by atoms with E-state index in [9.17, 15) is 13.2 Å². The normalized spacial score (nSPS) is 28.8. The number of hydrogen-bond acceptors (Lipinski definition) is 3. The molecule has 6 heteroatoms. The fourth-order valence-electron chi connectivity index (χ4n) is 2.20. The van der Waals surface area contributed by atoms with Crippen molar-refractivity contribution in [1.29, 1.82) is 0 Å². The lowest BCUT2D eigenvalue weighted by Gasteiger charge is -2.27. The summed E-state index contributed by atoms with van der Waals surface area (Å²) >= 11 is 0. The van der Waals surface area contributed by atoms with Crippen LogP contribution in [0.5, 0.6) is 0 Å². The Balaban J connectivity index is 1.68. The highest BCUT2D eigenvalue weighted by Gasteiger charge is 2.36. The van der Waals surface area contributed by atoms with Gasteiger partial charge in [0.1, 0.15) is 6.61 Å². The summed E-state index contributed by atoms with van der Waals surface area (Å²) in [7, 11) is 0. The number of halogens is 3. The standard InChI is InChI=1S/C12H20F3NO2/c13-12(14,15)9-18-6-4-11(3-5-17-8-11)7-16-10-1-2-10/h10,16H,1-9H2. The summed E-state index contributed by atoms with van der Waals surface area (Å²) in [5.41, 5.74) is -0.0335. The second-order valence-electron chi connectivity index (χ2n) is 5.38. The topological polar surface area (TPSA) is 30.5 Å². The summed E-state index contributed by atoms with van der Waals surface area (Å²) in [6, 6.07) is 0.610. The van der Waals surface area contributed by atoms with Gasteiger partial charge in [-0.2, -0.15) is 13.2 Å². The van der Waals surface area contributed by atoms with E-state index >= 15 is 0 Å². The van der Waals surface area contributed by atoms with Crippen molar-refractivity contribution in [2.45, 2.75) is 37.9 Å². The molecule has 0 aromatic carbocycles. The van der Waals surface area contributed by atoms with E-state index < -0.39 is 12.8 Å². The Hall–Kier alpha value is -0.330. The first-order valence-electron chi connectivity index (χ1n) is 6.45. The molecule has 1 unspecified atom stereocenters. The Kier molecular flexibility index (Phi) is 4.50. The highest BCUT2D eigenvalue weighted by molar-refractivity contribution is 4.89. The van der Waals surface area contributed by atoms with Crippen LogP contribution < -0.4 is 5.32 Å². The van der Waals surface area contributed by atoms with Crippen LogP contribution in [0.4, 0.5) is 13.2 Å². The predicted molar refractivity (Wildman–Crippen MR) is 60.4 cm³/mol. The van der Waals surface area contributed by atoms with E-state index in [4.69, 9.17) is 9.47 Å². The summed E-state index contributed by atoms with van der Waals surface area (Å²) in [4.78, 5) is 0. The first kappa shape index (κ1) is 14.1. The minimum atomic E-state index is -4.23. The van der Waals surface area contributed by atoms with Crippen LogP contribution in [0.2, 0.25) is 0 Å². The molecule has 1 saturated carbocycles. The molecule has 1 saturated heterocycles. The summed E-state index contributed by atoms with van der Waals surface area (Å²) in [5.74, 6) is 0. The van der Waals surface area contributed by atoms with Gasteiger partial charge in [-0.05, 0) is 25.7 Å². The number of hydrogen-bond donors (Lipinski definition) is 1. The Morgan fingerprint density at radius 3 is 2.67 bits per heavy atom. The van der Waals surface area contributed by atoms with Crippen molar-refractivity contribution in [1.82, 2.24) is 5.32 Å². The molecule has 106 valence electrons. The molecule has 1 aliphatic carbocycles. The Labute approximate surface area is 105 Å². The first-order valence-corrected chi connectivity index (χ1v) is 6.45. The molecule has 0 radical (unpaired) electrons. The number of nitrogens with one attached hydrogen (secondary N) is 1. The fraction of sp³-hybridized carbons (Fsp3) is 1.00. The number of rotatable bonds is 7. The van der Waals surface area contributed by atoms with Gasteiger partial charge in [-0.25, -0.2) is 0 Å². The van der Waals surface area contributed by atoms with Crippen LogP contribution in [-0.2, 0) is 9.47 Å². The van der Waals surface area contributed by atoms with Crippen LogP contribution in [0.15, 0.2) is 0 Å². The first-order chi connectivity index (χ1) is 8.49. The van der Waals surface area contributed by atoms with Gasteiger partial charge in [0.05, 0.1) is 6.61 Å². The van der Waals surface area contributed by atoms with Gasteiger partial charge in [0.2, 0.25) is 0 Å². The van der Waals surface area contributed by atoms with E-state index in [0.29, 0.717) is 25.7 Å². The molecule has 1 aliphatic heterocycles. The largest absolute Gasteiger partial charge is 0.411 e. The maximum Gasteiger partial charge on any atom is 0.411 e. The zero-order valence-electron chi connectivity index (χ0n) is 10.4. The third kappa shape index (κ3) is 4.74. The van der Waals surface area contributed by atoms with Crippen LogP contribution >= 0.6 is 0 Å². The quantitative estimate of drug-likeness (QED) is 0.717. The maximum absolute atomic E-state index is 12.0. The number of ether oxygens (including phenoxy) is 2. The van der Waals surface area contributed by atoms with Gasteiger partial charge < -0.3 is 14.8 Å². The van der Waals surface area contributed by atoms with Crippen LogP contribution in [0.1, 0.15) is 25.7 Å². The molecule has 2 fully saturated rings. The molecule has 3 nitrogen and oxygen atoms in total. The second-order valence-corrected chi connectivity index (χ2v) is 5.38. The lowest BCUT2D eigenvalue weighted by atomic mass is 9.84. The molecule has 2 rings (SSSR count). The molecule has 1 atom stereocenters. The van der Waals surface area contributed by atoms with E-state index in [1.807, 2.05) is 0 Å². The van der Waals surface area contributed by atoms with Gasteiger partial charge in [-0.3, -0.25) is 0 Å². The predicted octanol–water partition coefficient (Wildman–Crippen LogP) is 2.11. The van der Waals surface area contributed by atoms with E-state index in [-0.39, 0.29) is 12.0 Å². The summed E-state index contributed by atoms with van der Waals surface area (Å²) < 4.78 is 45.9. The zero-order valence-corrected chi connectivity index (χ0v) is 10.4. The third-order valence-electron chi connectivity index (χ3n) is 3.57. The van der Waals surface area contributed by atoms with Crippen LogP contribution in [-0.4, -0.2) is 45.2 Å². The van der Waals surface area contributed by atoms with Gasteiger partial charge in [0.25, 0.3) is 0 Å². The number of alkyl halides is 3. The van der Waals surface area contributed by atoms with Crippen molar-refractivity contribution >= 4 is 0 Å². The van der Waals surface area contributed by atoms with Crippen molar-refractivity contribution in [3.8, 4) is 0 Å². The van der Waals surface area contributed by atoms with Crippen molar-refractivity contribution in [2.75, 3.05) is 33.0 Å². The fourth-order valence-corrected chi connectivity index (χ4v) is 2.20. The molecule has 0 spiro atoms. The van der Waals surface area contributed by atoms with Gasteiger partial charge in [-0.1, -0.05) is 0 Å². The third-order valence-corrected chi connectivity index (χ3v) is 3.57. The Bertz CT molecular complexity index is 261. The molecule has 1 heterocycles. The summed E-state index contributed by atoms with van der Waals surface area (Å²) in [5, 5.41) is 3.44. The van der Waals surface area contributed by atoms with Crippen molar-refractivity contribution in [3.05, 3.63) is 0 Å². The van der Waals surface area contributed by atoms with Crippen molar-refractivity contribution < 1.29 is 22.6 Å². The van der Waals surface area contributed by atoms with Crippen molar-refractivity contribution in [3.63, 3.8) is 0 Å². The molecule has 0 aromatic rings. The van der Waals surface area contributed by atoms with Gasteiger partial charge in [0, 0.05) is 31.2 Å². The Morgan fingerprint density at radius 2 is 2.11 bits per heavy atom. The maximum atomic E-state index is 12.0. The molecule has 2 aliphatic rings. The molecular weight excluding hydrogens is 247 g/mol. The highest BCUT2D eigenvalue weighted by Crippen LogP contribution is 2.33. The van der Waals surface area contributed by atoms with E-state index in [1.54, 1.807) is 0 Å². The van der Waals surface area contributed by atoms with E-state index in [2.05, 4.69) is 5.32 Å². The van der Waals surface area contributed by atoms with Gasteiger partial charge in [0.15, 0.2) is 0 Å². The van der Waals surface area contributed by atoms with E-state index in [0.717, 1.165) is 13.0 Å². The summed E-state index contributed by atoms with van der Waals surface area (Å²) in [6.07, 6.45) is -0.278. The minimum Gasteiger partial charge on any atom is -0.381 e. The zero-order chi connectivity index (χ0) is 13.1. The van der Waals surface area contributed by atoms with Gasteiger partial charge >= 0.3 is 6.18 Å². The average molecular weight is 267 g/mol. The van der Waals surface area contributed by atoms with Crippen molar-refractivity contribution in [2.24, 2.45) is 5.41 Å². The second kappa shape index (κ2) is 5.75.